The number of carbonyl (C=O) groups excluding carboxylic acids is 2. The van der Waals surface area contributed by atoms with Crippen molar-refractivity contribution in [2.24, 2.45) is 0 Å². The first-order chi connectivity index (χ1) is 11.0. The molecule has 6 nitrogen and oxygen atoms in total. The third kappa shape index (κ3) is 4.89. The number of phenols is 2. The number of amides is 2. The van der Waals surface area contributed by atoms with Gasteiger partial charge in [-0.25, -0.2) is 0 Å². The molecule has 0 bridgehead atoms. The van der Waals surface area contributed by atoms with E-state index in [-0.39, 0.29) is 23.7 Å². The quantitative estimate of drug-likeness (QED) is 0.508. The van der Waals surface area contributed by atoms with Gasteiger partial charge in [-0.2, -0.15) is 0 Å². The molecule has 2 aromatic rings. The average Bonchev–Trinajstić information content (AvgIpc) is 2.52. The van der Waals surface area contributed by atoms with Gasteiger partial charge in [0, 0.05) is 11.6 Å². The smallest absolute Gasteiger partial charge is 0.313 e. The van der Waals surface area contributed by atoms with Gasteiger partial charge in [-0.05, 0) is 42.3 Å². The van der Waals surface area contributed by atoms with E-state index < -0.39 is 11.8 Å². The van der Waals surface area contributed by atoms with Crippen molar-refractivity contribution in [1.29, 1.82) is 0 Å². The molecular formula is C16H15ClN2O4. The van der Waals surface area contributed by atoms with Crippen molar-refractivity contribution in [3.8, 4) is 11.5 Å². The summed E-state index contributed by atoms with van der Waals surface area (Å²) in [5.74, 6) is -1.73. The number of anilines is 1. The number of phenolic OH excluding ortho intramolecular Hbond substituents is 2. The Labute approximate surface area is 137 Å². The summed E-state index contributed by atoms with van der Waals surface area (Å²) in [6.45, 7) is 0.262. The van der Waals surface area contributed by atoms with E-state index in [1.165, 1.54) is 18.2 Å². The Morgan fingerprint density at radius 1 is 1.00 bits per heavy atom. The largest absolute Gasteiger partial charge is 0.508 e. The monoisotopic (exact) mass is 334 g/mol. The summed E-state index contributed by atoms with van der Waals surface area (Å²) in [6, 6.07) is 10.7. The highest BCUT2D eigenvalue weighted by Gasteiger charge is 2.15. The predicted octanol–water partition coefficient (Wildman–Crippen LogP) is 2.05. The van der Waals surface area contributed by atoms with Gasteiger partial charge in [0.15, 0.2) is 0 Å². The third-order valence-electron chi connectivity index (χ3n) is 3.05. The highest BCUT2D eigenvalue weighted by Crippen LogP contribution is 2.26. The van der Waals surface area contributed by atoms with Gasteiger partial charge >= 0.3 is 11.8 Å². The molecule has 0 aromatic heterocycles. The molecule has 7 heteroatoms. The Morgan fingerprint density at radius 2 is 1.70 bits per heavy atom. The summed E-state index contributed by atoms with van der Waals surface area (Å²) >= 11 is 5.76. The maximum atomic E-state index is 11.8. The van der Waals surface area contributed by atoms with Crippen molar-refractivity contribution in [2.75, 3.05) is 11.9 Å². The lowest BCUT2D eigenvalue weighted by atomic mass is 10.1. The second-order valence-corrected chi connectivity index (χ2v) is 5.22. The molecule has 0 saturated carbocycles. The van der Waals surface area contributed by atoms with Crippen LogP contribution >= 0.6 is 11.6 Å². The zero-order valence-electron chi connectivity index (χ0n) is 12.0. The standard InChI is InChI=1S/C16H15ClN2O4/c17-11-3-6-14(21)13(9-11)19-16(23)15(22)18-8-7-10-1-4-12(20)5-2-10/h1-6,9,20-21H,7-8H2,(H,18,22)(H,19,23). The first-order valence-electron chi connectivity index (χ1n) is 6.81. The average molecular weight is 335 g/mol. The Morgan fingerprint density at radius 3 is 2.39 bits per heavy atom. The Bertz CT molecular complexity index is 717. The fourth-order valence-electron chi connectivity index (χ4n) is 1.85. The van der Waals surface area contributed by atoms with Crippen molar-refractivity contribution in [2.45, 2.75) is 6.42 Å². The Kier molecular flexibility index (Phi) is 5.43. The minimum absolute atomic E-state index is 0.0659. The van der Waals surface area contributed by atoms with E-state index in [1.54, 1.807) is 24.3 Å². The first kappa shape index (κ1) is 16.6. The normalized spacial score (nSPS) is 10.1. The molecule has 0 heterocycles. The second kappa shape index (κ2) is 7.51. The summed E-state index contributed by atoms with van der Waals surface area (Å²) in [7, 11) is 0. The van der Waals surface area contributed by atoms with Gasteiger partial charge in [0.2, 0.25) is 0 Å². The summed E-state index contributed by atoms with van der Waals surface area (Å²) in [6.07, 6.45) is 0.516. The summed E-state index contributed by atoms with van der Waals surface area (Å²) < 4.78 is 0. The molecule has 0 atom stereocenters. The maximum Gasteiger partial charge on any atom is 0.313 e. The molecule has 0 aliphatic rings. The van der Waals surface area contributed by atoms with E-state index in [9.17, 15) is 19.8 Å². The molecule has 2 amide bonds. The molecular weight excluding hydrogens is 320 g/mol. The SMILES string of the molecule is O=C(NCCc1ccc(O)cc1)C(=O)Nc1cc(Cl)ccc1O. The van der Waals surface area contributed by atoms with Gasteiger partial charge in [-0.15, -0.1) is 0 Å². The molecule has 2 aromatic carbocycles. The highest BCUT2D eigenvalue weighted by molar-refractivity contribution is 6.40. The van der Waals surface area contributed by atoms with Gasteiger partial charge in [-0.1, -0.05) is 23.7 Å². The predicted molar refractivity (Wildman–Crippen MR) is 86.6 cm³/mol. The lowest BCUT2D eigenvalue weighted by Crippen LogP contribution is -2.36. The van der Waals surface area contributed by atoms with E-state index in [0.29, 0.717) is 11.4 Å². The molecule has 2 rings (SSSR count). The molecule has 4 N–H and O–H groups in total. The van der Waals surface area contributed by atoms with Crippen molar-refractivity contribution in [1.82, 2.24) is 5.32 Å². The van der Waals surface area contributed by atoms with Crippen LogP contribution in [0, 0.1) is 0 Å². The molecule has 23 heavy (non-hydrogen) atoms. The lowest BCUT2D eigenvalue weighted by Gasteiger charge is -2.08. The van der Waals surface area contributed by atoms with Crippen molar-refractivity contribution in [3.05, 3.63) is 53.1 Å². The van der Waals surface area contributed by atoms with E-state index in [1.807, 2.05) is 0 Å². The summed E-state index contributed by atoms with van der Waals surface area (Å²) in [5, 5.41) is 23.8. The van der Waals surface area contributed by atoms with Crippen LogP contribution in [0.1, 0.15) is 5.56 Å². The molecule has 0 fully saturated rings. The minimum atomic E-state index is -0.895. The number of aromatic hydroxyl groups is 2. The first-order valence-corrected chi connectivity index (χ1v) is 7.19. The Hall–Kier alpha value is -2.73. The van der Waals surface area contributed by atoms with Gasteiger partial charge in [0.05, 0.1) is 5.69 Å². The number of hydrogen-bond donors (Lipinski definition) is 4. The summed E-state index contributed by atoms with van der Waals surface area (Å²) in [5.41, 5.74) is 0.979. The van der Waals surface area contributed by atoms with E-state index in [4.69, 9.17) is 11.6 Å². The zero-order valence-corrected chi connectivity index (χ0v) is 12.8. The van der Waals surface area contributed by atoms with Crippen LogP contribution < -0.4 is 10.6 Å². The fourth-order valence-corrected chi connectivity index (χ4v) is 2.02. The highest BCUT2D eigenvalue weighted by atomic mass is 35.5. The van der Waals surface area contributed by atoms with Crippen LogP contribution in [0.5, 0.6) is 11.5 Å². The second-order valence-electron chi connectivity index (χ2n) is 4.79. The zero-order chi connectivity index (χ0) is 16.8. The van der Waals surface area contributed by atoms with Gasteiger partial charge in [0.25, 0.3) is 0 Å². The molecule has 0 saturated heterocycles. The van der Waals surface area contributed by atoms with Crippen LogP contribution in [0.3, 0.4) is 0 Å². The molecule has 0 spiro atoms. The molecule has 120 valence electrons. The van der Waals surface area contributed by atoms with E-state index in [0.717, 1.165) is 5.56 Å². The number of nitrogens with one attached hydrogen (secondary N) is 2. The third-order valence-corrected chi connectivity index (χ3v) is 3.28. The molecule has 0 aliphatic carbocycles. The van der Waals surface area contributed by atoms with Gasteiger partial charge in [0.1, 0.15) is 11.5 Å². The Balaban J connectivity index is 1.84. The van der Waals surface area contributed by atoms with E-state index >= 15 is 0 Å². The molecule has 0 unspecified atom stereocenters. The fraction of sp³-hybridized carbons (Fsp3) is 0.125. The molecule has 0 radical (unpaired) electrons. The van der Waals surface area contributed by atoms with Crippen LogP contribution in [0.4, 0.5) is 5.69 Å². The van der Waals surface area contributed by atoms with Gasteiger partial charge < -0.3 is 20.8 Å². The topological polar surface area (TPSA) is 98.7 Å². The van der Waals surface area contributed by atoms with Crippen LogP contribution in [0.2, 0.25) is 5.02 Å². The minimum Gasteiger partial charge on any atom is -0.508 e. The van der Waals surface area contributed by atoms with Gasteiger partial charge in [-0.3, -0.25) is 9.59 Å². The number of carbonyl (C=O) groups is 2. The number of halogens is 1. The van der Waals surface area contributed by atoms with Crippen LogP contribution in [0.15, 0.2) is 42.5 Å². The summed E-state index contributed by atoms with van der Waals surface area (Å²) in [4.78, 5) is 23.5. The number of rotatable bonds is 4. The van der Waals surface area contributed by atoms with Crippen molar-refractivity contribution >= 4 is 29.1 Å². The van der Waals surface area contributed by atoms with Crippen LogP contribution in [-0.4, -0.2) is 28.6 Å². The maximum absolute atomic E-state index is 11.8. The number of benzene rings is 2. The number of hydrogen-bond acceptors (Lipinski definition) is 4. The van der Waals surface area contributed by atoms with E-state index in [2.05, 4.69) is 10.6 Å². The lowest BCUT2D eigenvalue weighted by molar-refractivity contribution is -0.136. The molecule has 0 aliphatic heterocycles. The van der Waals surface area contributed by atoms with Crippen LogP contribution in [0.25, 0.3) is 0 Å². The van der Waals surface area contributed by atoms with Crippen LogP contribution in [-0.2, 0) is 16.0 Å². The van der Waals surface area contributed by atoms with Crippen molar-refractivity contribution < 1.29 is 19.8 Å². The van der Waals surface area contributed by atoms with Crippen molar-refractivity contribution in [3.63, 3.8) is 0 Å².